The Morgan fingerprint density at radius 2 is 2.21 bits per heavy atom. The average Bonchev–Trinajstić information content (AvgIpc) is 2.85. The second-order valence-electron chi connectivity index (χ2n) is 3.66. The van der Waals surface area contributed by atoms with Crippen molar-refractivity contribution in [3.8, 4) is 0 Å². The zero-order valence-electron chi connectivity index (χ0n) is 9.60. The monoisotopic (exact) mass is 364 g/mol. The Morgan fingerprint density at radius 3 is 2.84 bits per heavy atom. The van der Waals surface area contributed by atoms with E-state index in [2.05, 4.69) is 35.8 Å². The summed E-state index contributed by atoms with van der Waals surface area (Å²) in [7, 11) is -3.55. The van der Waals surface area contributed by atoms with Crippen molar-refractivity contribution in [3.63, 3.8) is 0 Å². The molecule has 0 radical (unpaired) electrons. The van der Waals surface area contributed by atoms with Gasteiger partial charge in [-0.1, -0.05) is 11.6 Å². The Hall–Kier alpha value is -0.960. The third-order valence-corrected chi connectivity index (χ3v) is 4.99. The van der Waals surface area contributed by atoms with Crippen molar-refractivity contribution >= 4 is 37.6 Å². The predicted octanol–water partition coefficient (Wildman–Crippen LogP) is 1.74. The van der Waals surface area contributed by atoms with Gasteiger partial charge in [-0.25, -0.2) is 18.1 Å². The lowest BCUT2D eigenvalue weighted by atomic mass is 10.4. The maximum absolute atomic E-state index is 12.0. The van der Waals surface area contributed by atoms with Gasteiger partial charge in [-0.2, -0.15) is 5.10 Å². The second-order valence-corrected chi connectivity index (χ2v) is 6.68. The fourth-order valence-electron chi connectivity index (χ4n) is 1.38. The van der Waals surface area contributed by atoms with E-state index in [1.165, 1.54) is 24.5 Å². The van der Waals surface area contributed by atoms with Crippen LogP contribution in [0.5, 0.6) is 0 Å². The summed E-state index contributed by atoms with van der Waals surface area (Å²) in [5, 5.41) is 6.80. The summed E-state index contributed by atoms with van der Waals surface area (Å²) in [5.41, 5.74) is 0. The van der Waals surface area contributed by atoms with Gasteiger partial charge in [0.1, 0.15) is 12.2 Å². The van der Waals surface area contributed by atoms with Crippen LogP contribution in [0.1, 0.15) is 5.82 Å². The number of sulfonamides is 1. The topological polar surface area (TPSA) is 87.7 Å². The summed E-state index contributed by atoms with van der Waals surface area (Å²) in [4.78, 5) is 4.06. The number of H-pyrrole nitrogens is 1. The quantitative estimate of drug-likeness (QED) is 0.845. The van der Waals surface area contributed by atoms with E-state index in [1.807, 2.05) is 0 Å². The molecule has 6 nitrogen and oxygen atoms in total. The molecule has 2 N–H and O–H groups in total. The molecule has 0 aliphatic heterocycles. The Kier molecular flexibility index (Phi) is 4.56. The minimum Gasteiger partial charge on any atom is -0.263 e. The Labute approximate surface area is 123 Å². The van der Waals surface area contributed by atoms with Crippen LogP contribution in [0.25, 0.3) is 0 Å². The fourth-order valence-corrected chi connectivity index (χ4v) is 3.09. The van der Waals surface area contributed by atoms with E-state index in [0.717, 1.165) is 0 Å². The fraction of sp³-hybridized carbons (Fsp3) is 0.200. The number of aromatic amines is 1. The third kappa shape index (κ3) is 3.75. The first-order valence-electron chi connectivity index (χ1n) is 5.28. The van der Waals surface area contributed by atoms with E-state index in [-0.39, 0.29) is 11.4 Å². The van der Waals surface area contributed by atoms with Crippen molar-refractivity contribution in [3.05, 3.63) is 39.8 Å². The number of aromatic nitrogens is 3. The van der Waals surface area contributed by atoms with E-state index in [4.69, 9.17) is 11.6 Å². The van der Waals surface area contributed by atoms with Crippen LogP contribution in [0, 0.1) is 0 Å². The van der Waals surface area contributed by atoms with Crippen LogP contribution in [0.15, 0.2) is 33.9 Å². The van der Waals surface area contributed by atoms with Gasteiger partial charge in [0.25, 0.3) is 0 Å². The first-order chi connectivity index (χ1) is 8.99. The normalized spacial score (nSPS) is 11.7. The molecule has 1 heterocycles. The molecule has 1 aromatic heterocycles. The van der Waals surface area contributed by atoms with Crippen LogP contribution in [-0.4, -0.2) is 30.1 Å². The molecule has 2 rings (SSSR count). The molecule has 0 spiro atoms. The first kappa shape index (κ1) is 14.4. The van der Waals surface area contributed by atoms with Crippen molar-refractivity contribution in [1.29, 1.82) is 0 Å². The first-order valence-corrected chi connectivity index (χ1v) is 7.93. The molecular formula is C10H10BrClN4O2S. The van der Waals surface area contributed by atoms with Crippen LogP contribution < -0.4 is 4.72 Å². The molecule has 19 heavy (non-hydrogen) atoms. The molecule has 0 fully saturated rings. The molecule has 0 amide bonds. The zero-order chi connectivity index (χ0) is 13.9. The minimum atomic E-state index is -3.55. The Morgan fingerprint density at radius 1 is 1.42 bits per heavy atom. The van der Waals surface area contributed by atoms with Gasteiger partial charge < -0.3 is 0 Å². The largest absolute Gasteiger partial charge is 0.263 e. The molecule has 102 valence electrons. The highest BCUT2D eigenvalue weighted by Crippen LogP contribution is 2.25. The standard InChI is InChI=1S/C10H10BrClN4O2S/c11-8-5-7(1-2-9(8)12)19(17,18)15-4-3-10-13-6-14-16-10/h1-2,5-6,15H,3-4H2,(H,13,14,16). The Bertz CT molecular complexity index is 660. The van der Waals surface area contributed by atoms with Gasteiger partial charge in [0, 0.05) is 17.4 Å². The average molecular weight is 366 g/mol. The van der Waals surface area contributed by atoms with E-state index < -0.39 is 10.0 Å². The van der Waals surface area contributed by atoms with Gasteiger partial charge in [0.2, 0.25) is 10.0 Å². The van der Waals surface area contributed by atoms with Crippen molar-refractivity contribution in [2.24, 2.45) is 0 Å². The number of halogens is 2. The smallest absolute Gasteiger partial charge is 0.240 e. The lowest BCUT2D eigenvalue weighted by molar-refractivity contribution is 0.581. The van der Waals surface area contributed by atoms with Crippen molar-refractivity contribution < 1.29 is 8.42 Å². The van der Waals surface area contributed by atoms with E-state index in [1.54, 1.807) is 0 Å². The van der Waals surface area contributed by atoms with Gasteiger partial charge in [-0.3, -0.25) is 5.10 Å². The lowest BCUT2D eigenvalue weighted by Gasteiger charge is -2.06. The molecule has 0 bridgehead atoms. The molecule has 0 aliphatic rings. The molecule has 0 atom stereocenters. The third-order valence-electron chi connectivity index (χ3n) is 2.32. The number of hydrogen-bond donors (Lipinski definition) is 2. The van der Waals surface area contributed by atoms with Gasteiger partial charge in [-0.15, -0.1) is 0 Å². The summed E-state index contributed by atoms with van der Waals surface area (Å²) >= 11 is 9.01. The minimum absolute atomic E-state index is 0.154. The van der Waals surface area contributed by atoms with Crippen LogP contribution in [0.4, 0.5) is 0 Å². The highest BCUT2D eigenvalue weighted by Gasteiger charge is 2.14. The summed E-state index contributed by atoms with van der Waals surface area (Å²) in [6.45, 7) is 0.234. The van der Waals surface area contributed by atoms with E-state index >= 15 is 0 Å². The maximum atomic E-state index is 12.0. The number of nitrogens with zero attached hydrogens (tertiary/aromatic N) is 2. The molecule has 2 aromatic rings. The highest BCUT2D eigenvalue weighted by atomic mass is 79.9. The van der Waals surface area contributed by atoms with Gasteiger partial charge >= 0.3 is 0 Å². The van der Waals surface area contributed by atoms with Crippen LogP contribution >= 0.6 is 27.5 Å². The van der Waals surface area contributed by atoms with Crippen LogP contribution in [0.2, 0.25) is 5.02 Å². The van der Waals surface area contributed by atoms with Crippen molar-refractivity contribution in [2.75, 3.05) is 6.54 Å². The van der Waals surface area contributed by atoms with E-state index in [0.29, 0.717) is 21.7 Å². The van der Waals surface area contributed by atoms with Crippen molar-refractivity contribution in [2.45, 2.75) is 11.3 Å². The molecule has 0 saturated carbocycles. The zero-order valence-corrected chi connectivity index (χ0v) is 12.8. The molecule has 1 aromatic carbocycles. The second kappa shape index (κ2) is 6.00. The van der Waals surface area contributed by atoms with Gasteiger partial charge in [0.05, 0.1) is 9.92 Å². The number of nitrogens with one attached hydrogen (secondary N) is 2. The SMILES string of the molecule is O=S(=O)(NCCc1ncn[nH]1)c1ccc(Cl)c(Br)c1. The van der Waals surface area contributed by atoms with Crippen LogP contribution in [0.3, 0.4) is 0 Å². The molecule has 0 aliphatic carbocycles. The maximum Gasteiger partial charge on any atom is 0.240 e. The number of rotatable bonds is 5. The molecular weight excluding hydrogens is 356 g/mol. The number of hydrogen-bond acceptors (Lipinski definition) is 4. The molecule has 0 saturated heterocycles. The predicted molar refractivity (Wildman–Crippen MR) is 74.4 cm³/mol. The Balaban J connectivity index is 2.03. The lowest BCUT2D eigenvalue weighted by Crippen LogP contribution is -2.26. The summed E-state index contributed by atoms with van der Waals surface area (Å²) in [6.07, 6.45) is 1.81. The summed E-state index contributed by atoms with van der Waals surface area (Å²) in [5.74, 6) is 0.625. The van der Waals surface area contributed by atoms with Gasteiger partial charge in [-0.05, 0) is 34.1 Å². The summed E-state index contributed by atoms with van der Waals surface area (Å²) < 4.78 is 27.0. The van der Waals surface area contributed by atoms with Gasteiger partial charge in [0.15, 0.2) is 0 Å². The highest BCUT2D eigenvalue weighted by molar-refractivity contribution is 9.10. The van der Waals surface area contributed by atoms with E-state index in [9.17, 15) is 8.42 Å². The molecule has 0 unspecified atom stereocenters. The summed E-state index contributed by atoms with van der Waals surface area (Å²) in [6, 6.07) is 4.43. The van der Waals surface area contributed by atoms with Crippen LogP contribution in [-0.2, 0) is 16.4 Å². The van der Waals surface area contributed by atoms with Crippen molar-refractivity contribution in [1.82, 2.24) is 19.9 Å². The number of benzene rings is 1. The molecule has 9 heteroatoms.